The van der Waals surface area contributed by atoms with Crippen LogP contribution in [0.3, 0.4) is 0 Å². The van der Waals surface area contributed by atoms with Crippen LogP contribution in [0.1, 0.15) is 115 Å². The maximum atomic E-state index is 6.42. The number of unbranched alkanes of at least 4 members (excludes halogenated alkanes) is 1. The number of allylic oxidation sites excluding steroid dienone is 10. The zero-order chi connectivity index (χ0) is 46.9. The molecule has 0 aromatic heterocycles. The Morgan fingerprint density at radius 2 is 1.22 bits per heavy atom. The summed E-state index contributed by atoms with van der Waals surface area (Å²) in [5.41, 5.74) is 15.2. The number of ether oxygens (including phenoxy) is 1. The van der Waals surface area contributed by atoms with Gasteiger partial charge in [0.2, 0.25) is 0 Å². The van der Waals surface area contributed by atoms with Crippen molar-refractivity contribution in [2.24, 2.45) is 0 Å². The molecule has 1 heteroatoms. The number of fused-ring (bicyclic) bond motifs is 1. The smallest absolute Gasteiger partial charge is 0.137 e. The molecule has 2 aliphatic rings. The second-order valence-electron chi connectivity index (χ2n) is 16.4. The summed E-state index contributed by atoms with van der Waals surface area (Å²) < 4.78 is 6.42. The second kappa shape index (κ2) is 27.7. The minimum atomic E-state index is -0.247. The Hall–Kier alpha value is -6.44. The molecule has 1 nitrogen and oxygen atoms in total. The Morgan fingerprint density at radius 3 is 1.74 bits per heavy atom. The van der Waals surface area contributed by atoms with Crippen LogP contribution in [-0.2, 0) is 5.41 Å². The highest BCUT2D eigenvalue weighted by Gasteiger charge is 2.44. The largest absolute Gasteiger partial charge is 0.456 e. The fraction of sp³-hybridized carbons (Fsp3) is 0.250. The van der Waals surface area contributed by atoms with Gasteiger partial charge in [0.05, 0.1) is 0 Å². The van der Waals surface area contributed by atoms with Gasteiger partial charge in [-0.15, -0.1) is 0 Å². The molecule has 0 amide bonds. The van der Waals surface area contributed by atoms with Crippen LogP contribution in [-0.4, -0.2) is 0 Å². The number of aryl methyl sites for hydroxylation is 2. The first-order chi connectivity index (χ1) is 31.7. The number of benzene rings is 6. The maximum absolute atomic E-state index is 6.42. The van der Waals surface area contributed by atoms with Gasteiger partial charge in [-0.25, -0.2) is 0 Å². The molecule has 0 radical (unpaired) electrons. The van der Waals surface area contributed by atoms with Gasteiger partial charge < -0.3 is 4.74 Å². The van der Waals surface area contributed by atoms with E-state index in [0.717, 1.165) is 22.7 Å². The first-order valence-corrected chi connectivity index (χ1v) is 23.9. The van der Waals surface area contributed by atoms with Crippen molar-refractivity contribution in [2.75, 3.05) is 0 Å². The second-order valence-corrected chi connectivity index (χ2v) is 16.4. The zero-order valence-electron chi connectivity index (χ0n) is 40.9. The first kappa shape index (κ1) is 51.2. The average Bonchev–Trinajstić information content (AvgIpc) is 3.62. The monoisotopic (exact) mass is 859 g/mol. The molecule has 1 unspecified atom stereocenters. The molecule has 0 saturated carbocycles. The topological polar surface area (TPSA) is 9.23 Å². The van der Waals surface area contributed by atoms with Gasteiger partial charge >= 0.3 is 0 Å². The molecular formula is C64H74O. The highest BCUT2D eigenvalue weighted by Crippen LogP contribution is 2.55. The van der Waals surface area contributed by atoms with E-state index in [1.165, 1.54) is 83.0 Å². The van der Waals surface area contributed by atoms with E-state index >= 15 is 0 Å². The van der Waals surface area contributed by atoms with E-state index in [-0.39, 0.29) is 5.41 Å². The van der Waals surface area contributed by atoms with Crippen LogP contribution in [0.4, 0.5) is 0 Å². The number of para-hydroxylation sites is 1. The van der Waals surface area contributed by atoms with Crippen molar-refractivity contribution in [3.63, 3.8) is 0 Å². The van der Waals surface area contributed by atoms with Gasteiger partial charge in [0.15, 0.2) is 0 Å². The van der Waals surface area contributed by atoms with Crippen LogP contribution in [0.5, 0.6) is 5.75 Å². The molecule has 0 spiro atoms. The molecule has 65 heavy (non-hydrogen) atoms. The summed E-state index contributed by atoms with van der Waals surface area (Å²) in [6, 6.07) is 58.6. The molecule has 1 atom stereocenters. The minimum absolute atomic E-state index is 0.247. The Bertz CT molecular complexity index is 2460. The molecule has 336 valence electrons. The quantitative estimate of drug-likeness (QED) is 0.125. The van der Waals surface area contributed by atoms with Crippen LogP contribution >= 0.6 is 0 Å². The lowest BCUT2D eigenvalue weighted by Crippen LogP contribution is -2.22. The van der Waals surface area contributed by atoms with Crippen molar-refractivity contribution in [3.05, 3.63) is 263 Å². The van der Waals surface area contributed by atoms with Crippen LogP contribution in [0.2, 0.25) is 0 Å². The predicted molar refractivity (Wildman–Crippen MR) is 285 cm³/mol. The van der Waals surface area contributed by atoms with Gasteiger partial charge in [-0.2, -0.15) is 0 Å². The van der Waals surface area contributed by atoms with Gasteiger partial charge in [0.25, 0.3) is 0 Å². The molecule has 0 heterocycles. The molecule has 0 fully saturated rings. The van der Waals surface area contributed by atoms with Crippen molar-refractivity contribution >= 4 is 5.57 Å². The fourth-order valence-electron chi connectivity index (χ4n) is 8.18. The van der Waals surface area contributed by atoms with Gasteiger partial charge in [-0.05, 0) is 129 Å². The summed E-state index contributed by atoms with van der Waals surface area (Å²) in [4.78, 5) is 0. The van der Waals surface area contributed by atoms with E-state index in [1.54, 1.807) is 11.1 Å². The standard InChI is InChI=1S/C28H26O.C14H22.C13H12.C7H8.C2H6/c1-5-24-26(27(20(2)3)29-22-16-10-7-11-17-22)23-18-12-13-19-25(23)28(24,4)21-14-8-6-9-15-21;1-3-5-10-13(9-4-2)14-11-7-6-8-12-14;1-11-7-9-13(10-8-11)12-5-3-2-4-6-12;1-7-5-3-2-4-6-7;1-2/h5-19H,2H2,1,3-4H3;6-7,9,11H,3-5,8,10,12H2,1-2H3;2-10H,1H3;2-6H,1H3;1-2H3/b24-5+,27-26+;13-9+;;;. The molecule has 0 bridgehead atoms. The highest BCUT2D eigenvalue weighted by molar-refractivity contribution is 5.94. The Balaban J connectivity index is 0.000000213. The third-order valence-electron chi connectivity index (χ3n) is 11.5. The van der Waals surface area contributed by atoms with Crippen LogP contribution in [0.25, 0.3) is 16.7 Å². The summed E-state index contributed by atoms with van der Waals surface area (Å²) in [6.45, 7) is 23.4. The summed E-state index contributed by atoms with van der Waals surface area (Å²) in [5.74, 6) is 1.65. The van der Waals surface area contributed by atoms with Crippen molar-refractivity contribution in [1.82, 2.24) is 0 Å². The third-order valence-corrected chi connectivity index (χ3v) is 11.5. The highest BCUT2D eigenvalue weighted by atomic mass is 16.5. The number of rotatable bonds is 10. The Labute approximate surface area is 394 Å². The van der Waals surface area contributed by atoms with E-state index < -0.39 is 0 Å². The lowest BCUT2D eigenvalue weighted by molar-refractivity contribution is 0.439. The number of hydrogen-bond acceptors (Lipinski definition) is 1. The van der Waals surface area contributed by atoms with Crippen LogP contribution in [0.15, 0.2) is 235 Å². The lowest BCUT2D eigenvalue weighted by atomic mass is 9.74. The summed E-state index contributed by atoms with van der Waals surface area (Å²) in [5, 5.41) is 0. The molecule has 0 saturated heterocycles. The summed E-state index contributed by atoms with van der Waals surface area (Å²) >= 11 is 0. The molecule has 8 rings (SSSR count). The molecule has 0 aliphatic heterocycles. The summed E-state index contributed by atoms with van der Waals surface area (Å²) in [6.07, 6.45) is 18.9. The molecule has 2 aliphatic carbocycles. The zero-order valence-corrected chi connectivity index (χ0v) is 40.9. The van der Waals surface area contributed by atoms with Crippen molar-refractivity contribution < 1.29 is 4.74 Å². The lowest BCUT2D eigenvalue weighted by Gasteiger charge is -2.29. The normalized spacial score (nSPS) is 16.0. The number of hydrogen-bond donors (Lipinski definition) is 0. The fourth-order valence-corrected chi connectivity index (χ4v) is 8.18. The Kier molecular flexibility index (Phi) is 21.8. The van der Waals surface area contributed by atoms with Crippen LogP contribution < -0.4 is 4.74 Å². The van der Waals surface area contributed by atoms with Crippen molar-refractivity contribution in [2.45, 2.75) is 106 Å². The third kappa shape index (κ3) is 14.8. The predicted octanol–water partition coefficient (Wildman–Crippen LogP) is 18.8. The van der Waals surface area contributed by atoms with Crippen molar-refractivity contribution in [3.8, 4) is 16.9 Å². The first-order valence-electron chi connectivity index (χ1n) is 23.9. The minimum Gasteiger partial charge on any atom is -0.456 e. The molecular weight excluding hydrogens is 785 g/mol. The SMILES string of the molecule is C=C(C)/C(Oc1ccccc1)=C1\C(=C/C)C(C)(c2ccccc2)c2ccccc21.CC.CC/C=C(\CCCC)C1=CC=CCC1.Cc1ccc(-c2ccccc2)cc1.Cc1ccccc1. The van der Waals surface area contributed by atoms with Gasteiger partial charge in [0, 0.05) is 11.0 Å². The Morgan fingerprint density at radius 1 is 0.677 bits per heavy atom. The van der Waals surface area contributed by atoms with E-state index in [4.69, 9.17) is 4.74 Å². The van der Waals surface area contributed by atoms with E-state index in [9.17, 15) is 0 Å². The van der Waals surface area contributed by atoms with E-state index in [0.29, 0.717) is 0 Å². The maximum Gasteiger partial charge on any atom is 0.137 e. The van der Waals surface area contributed by atoms with Crippen LogP contribution in [0, 0.1) is 13.8 Å². The van der Waals surface area contributed by atoms with Gasteiger partial charge in [-0.3, -0.25) is 0 Å². The van der Waals surface area contributed by atoms with E-state index in [1.807, 2.05) is 75.4 Å². The summed E-state index contributed by atoms with van der Waals surface area (Å²) in [7, 11) is 0. The van der Waals surface area contributed by atoms with E-state index in [2.05, 4.69) is 194 Å². The molecule has 6 aromatic rings. The average molecular weight is 859 g/mol. The molecule has 0 N–H and O–H groups in total. The van der Waals surface area contributed by atoms with Gasteiger partial charge in [-0.1, -0.05) is 240 Å². The van der Waals surface area contributed by atoms with Crippen molar-refractivity contribution in [1.29, 1.82) is 0 Å². The van der Waals surface area contributed by atoms with Gasteiger partial charge in [0.1, 0.15) is 11.5 Å². The molecule has 6 aromatic carbocycles.